The van der Waals surface area contributed by atoms with Gasteiger partial charge < -0.3 is 0 Å². The molecule has 0 aliphatic carbocycles. The molecule has 0 fully saturated rings. The minimum absolute atomic E-state index is 0.232. The zero-order chi connectivity index (χ0) is 8.27. The van der Waals surface area contributed by atoms with E-state index in [0.29, 0.717) is 10.7 Å². The Balaban J connectivity index is 3.02. The molecule has 0 radical (unpaired) electrons. The van der Waals surface area contributed by atoms with Gasteiger partial charge in [0.05, 0.1) is 11.4 Å². The third-order valence-electron chi connectivity index (χ3n) is 1.17. The van der Waals surface area contributed by atoms with Crippen LogP contribution in [0.4, 0.5) is 4.39 Å². The van der Waals surface area contributed by atoms with Gasteiger partial charge in [0.25, 0.3) is 0 Å². The van der Waals surface area contributed by atoms with Crippen LogP contribution in [0.5, 0.6) is 0 Å². The molecule has 0 saturated heterocycles. The molecule has 0 atom stereocenters. The second-order valence-electron chi connectivity index (χ2n) is 2.04. The second-order valence-corrected chi connectivity index (χ2v) is 3.16. The van der Waals surface area contributed by atoms with Crippen molar-refractivity contribution in [3.8, 4) is 0 Å². The first-order chi connectivity index (χ1) is 5.26. The molecule has 0 aliphatic heterocycles. The third-order valence-corrected chi connectivity index (χ3v) is 2.32. The van der Waals surface area contributed by atoms with Crippen molar-refractivity contribution >= 4 is 31.9 Å². The van der Waals surface area contributed by atoms with Crippen LogP contribution < -0.4 is 0 Å². The summed E-state index contributed by atoms with van der Waals surface area (Å²) in [4.78, 5) is 4.14. The zero-order valence-electron chi connectivity index (χ0n) is 5.65. The predicted octanol–water partition coefficient (Wildman–Crippen LogP) is 3.01. The Kier molecular flexibility index (Phi) is 3.45. The standard InChI is InChI=1S/C7H6Br2FN/c8-3-6-1-5(10)2-7(4-9)11-6/h1-2H,3-4H2. The highest BCUT2D eigenvalue weighted by molar-refractivity contribution is 9.08. The number of rotatable bonds is 2. The highest BCUT2D eigenvalue weighted by atomic mass is 79.9. The molecule has 1 aromatic heterocycles. The lowest BCUT2D eigenvalue weighted by atomic mass is 10.3. The lowest BCUT2D eigenvalue weighted by molar-refractivity contribution is 0.621. The van der Waals surface area contributed by atoms with E-state index in [9.17, 15) is 4.39 Å². The Morgan fingerprint density at radius 3 is 2.00 bits per heavy atom. The number of nitrogens with zero attached hydrogens (tertiary/aromatic N) is 1. The monoisotopic (exact) mass is 281 g/mol. The summed E-state index contributed by atoms with van der Waals surface area (Å²) in [6, 6.07) is 2.84. The fourth-order valence-corrected chi connectivity index (χ4v) is 1.32. The summed E-state index contributed by atoms with van der Waals surface area (Å²) >= 11 is 6.42. The van der Waals surface area contributed by atoms with E-state index in [2.05, 4.69) is 36.8 Å². The number of hydrogen-bond donors (Lipinski definition) is 0. The molecule has 4 heteroatoms. The van der Waals surface area contributed by atoms with Crippen molar-refractivity contribution in [2.75, 3.05) is 0 Å². The topological polar surface area (TPSA) is 12.9 Å². The molecular weight excluding hydrogens is 277 g/mol. The number of halogens is 3. The van der Waals surface area contributed by atoms with Crippen LogP contribution in [-0.4, -0.2) is 4.98 Å². The van der Waals surface area contributed by atoms with Crippen molar-refractivity contribution in [1.29, 1.82) is 0 Å². The smallest absolute Gasteiger partial charge is 0.126 e. The van der Waals surface area contributed by atoms with Gasteiger partial charge in [-0.25, -0.2) is 4.39 Å². The molecule has 0 amide bonds. The average Bonchev–Trinajstić information content (AvgIpc) is 2.03. The van der Waals surface area contributed by atoms with E-state index in [1.807, 2.05) is 0 Å². The average molecular weight is 283 g/mol. The Bertz CT molecular complexity index is 230. The molecule has 1 heterocycles. The quantitative estimate of drug-likeness (QED) is 0.760. The number of hydrogen-bond acceptors (Lipinski definition) is 1. The zero-order valence-corrected chi connectivity index (χ0v) is 8.82. The fourth-order valence-electron chi connectivity index (χ4n) is 0.746. The minimum atomic E-state index is -0.232. The first kappa shape index (κ1) is 9.13. The van der Waals surface area contributed by atoms with Crippen LogP contribution in [-0.2, 0) is 10.7 Å². The summed E-state index contributed by atoms with van der Waals surface area (Å²) in [7, 11) is 0. The summed E-state index contributed by atoms with van der Waals surface area (Å²) in [5.41, 5.74) is 1.44. The van der Waals surface area contributed by atoms with E-state index < -0.39 is 0 Å². The van der Waals surface area contributed by atoms with E-state index in [1.54, 1.807) is 0 Å². The molecule has 0 saturated carbocycles. The minimum Gasteiger partial charge on any atom is -0.256 e. The third kappa shape index (κ3) is 2.52. The number of alkyl halides is 2. The second kappa shape index (κ2) is 4.16. The van der Waals surface area contributed by atoms with Crippen LogP contribution >= 0.6 is 31.9 Å². The predicted molar refractivity (Wildman–Crippen MR) is 49.5 cm³/mol. The van der Waals surface area contributed by atoms with Gasteiger partial charge in [-0.3, -0.25) is 4.98 Å². The van der Waals surface area contributed by atoms with E-state index in [-0.39, 0.29) is 5.82 Å². The van der Waals surface area contributed by atoms with Crippen molar-refractivity contribution in [2.45, 2.75) is 10.7 Å². The van der Waals surface area contributed by atoms with Gasteiger partial charge >= 0.3 is 0 Å². The first-order valence-electron chi connectivity index (χ1n) is 3.03. The lowest BCUT2D eigenvalue weighted by Gasteiger charge is -1.98. The molecule has 11 heavy (non-hydrogen) atoms. The Hall–Kier alpha value is 0.0400. The van der Waals surface area contributed by atoms with Crippen LogP contribution in [0.2, 0.25) is 0 Å². The van der Waals surface area contributed by atoms with Crippen molar-refractivity contribution in [3.63, 3.8) is 0 Å². The fraction of sp³-hybridized carbons (Fsp3) is 0.286. The molecule has 0 spiro atoms. The van der Waals surface area contributed by atoms with Crippen molar-refractivity contribution in [3.05, 3.63) is 29.3 Å². The highest BCUT2D eigenvalue weighted by Crippen LogP contribution is 2.09. The molecule has 60 valence electrons. The Morgan fingerprint density at radius 1 is 1.18 bits per heavy atom. The van der Waals surface area contributed by atoms with Crippen LogP contribution in [0.25, 0.3) is 0 Å². The van der Waals surface area contributed by atoms with Gasteiger partial charge in [-0.2, -0.15) is 0 Å². The van der Waals surface area contributed by atoms with E-state index in [0.717, 1.165) is 11.4 Å². The van der Waals surface area contributed by atoms with E-state index >= 15 is 0 Å². The van der Waals surface area contributed by atoms with Crippen molar-refractivity contribution in [1.82, 2.24) is 4.98 Å². The SMILES string of the molecule is Fc1cc(CBr)nc(CBr)c1. The Morgan fingerprint density at radius 2 is 1.64 bits per heavy atom. The van der Waals surface area contributed by atoms with Gasteiger partial charge in [0.2, 0.25) is 0 Å². The largest absolute Gasteiger partial charge is 0.256 e. The highest BCUT2D eigenvalue weighted by Gasteiger charge is 1.99. The van der Waals surface area contributed by atoms with Crippen molar-refractivity contribution < 1.29 is 4.39 Å². The lowest BCUT2D eigenvalue weighted by Crippen LogP contribution is -1.92. The summed E-state index contributed by atoms with van der Waals surface area (Å²) in [5.74, 6) is -0.232. The molecule has 0 bridgehead atoms. The van der Waals surface area contributed by atoms with Crippen LogP contribution in [0.3, 0.4) is 0 Å². The molecule has 1 aromatic rings. The van der Waals surface area contributed by atoms with Crippen LogP contribution in [0, 0.1) is 5.82 Å². The summed E-state index contributed by atoms with van der Waals surface area (Å²) in [5, 5.41) is 1.18. The van der Waals surface area contributed by atoms with Gasteiger partial charge in [0.15, 0.2) is 0 Å². The van der Waals surface area contributed by atoms with E-state index in [1.165, 1.54) is 12.1 Å². The maximum Gasteiger partial charge on any atom is 0.126 e. The van der Waals surface area contributed by atoms with E-state index in [4.69, 9.17) is 0 Å². The van der Waals surface area contributed by atoms with Gasteiger partial charge in [0.1, 0.15) is 5.82 Å². The molecule has 0 unspecified atom stereocenters. The normalized spacial score (nSPS) is 10.1. The molecule has 0 aromatic carbocycles. The maximum atomic E-state index is 12.7. The summed E-state index contributed by atoms with van der Waals surface area (Å²) in [6.07, 6.45) is 0. The van der Waals surface area contributed by atoms with Gasteiger partial charge in [-0.15, -0.1) is 0 Å². The number of pyridine rings is 1. The first-order valence-corrected chi connectivity index (χ1v) is 5.28. The van der Waals surface area contributed by atoms with Crippen molar-refractivity contribution in [2.24, 2.45) is 0 Å². The Labute approximate surface area is 81.3 Å². The number of aromatic nitrogens is 1. The molecule has 0 N–H and O–H groups in total. The summed E-state index contributed by atoms with van der Waals surface area (Å²) < 4.78 is 12.7. The van der Waals surface area contributed by atoms with Gasteiger partial charge in [-0.1, -0.05) is 31.9 Å². The van der Waals surface area contributed by atoms with Crippen LogP contribution in [0.1, 0.15) is 11.4 Å². The van der Waals surface area contributed by atoms with Gasteiger partial charge in [-0.05, 0) is 12.1 Å². The molecule has 1 rings (SSSR count). The van der Waals surface area contributed by atoms with Crippen LogP contribution in [0.15, 0.2) is 12.1 Å². The molecule has 0 aliphatic rings. The van der Waals surface area contributed by atoms with Gasteiger partial charge in [0, 0.05) is 10.7 Å². The molecular formula is C7H6Br2FN. The molecule has 1 nitrogen and oxygen atoms in total. The summed E-state index contributed by atoms with van der Waals surface area (Å²) in [6.45, 7) is 0. The maximum absolute atomic E-state index is 12.7.